The lowest BCUT2D eigenvalue weighted by Gasteiger charge is -2.45. The fourth-order valence-electron chi connectivity index (χ4n) is 4.73. The molecule has 5 nitrogen and oxygen atoms in total. The van der Waals surface area contributed by atoms with Crippen molar-refractivity contribution in [2.75, 3.05) is 13.2 Å². The zero-order valence-electron chi connectivity index (χ0n) is 20.9. The maximum absolute atomic E-state index is 13.0. The molecule has 1 saturated heterocycles. The molecule has 1 fully saturated rings. The minimum Gasteiger partial charge on any atom is -0.444 e. The molecule has 2 atom stereocenters. The Hall–Kier alpha value is -2.15. The molecular weight excluding hydrogens is 430 g/mol. The molecule has 0 bridgehead atoms. The van der Waals surface area contributed by atoms with Crippen LogP contribution in [0.15, 0.2) is 60.7 Å². The first kappa shape index (κ1) is 25.5. The maximum Gasteiger partial charge on any atom is 0.410 e. The molecular formula is C27H39NO4Si. The Morgan fingerprint density at radius 2 is 1.48 bits per heavy atom. The van der Waals surface area contributed by atoms with Crippen LogP contribution >= 0.6 is 0 Å². The van der Waals surface area contributed by atoms with Gasteiger partial charge < -0.3 is 19.2 Å². The van der Waals surface area contributed by atoms with E-state index < -0.39 is 20.0 Å². The number of ether oxygens (including phenoxy) is 1. The lowest BCUT2D eigenvalue weighted by molar-refractivity contribution is -0.0169. The Morgan fingerprint density at radius 1 is 0.970 bits per heavy atom. The first-order valence-electron chi connectivity index (χ1n) is 11.9. The summed E-state index contributed by atoms with van der Waals surface area (Å²) >= 11 is 0. The molecule has 2 aromatic rings. The highest BCUT2D eigenvalue weighted by Gasteiger charge is 2.51. The molecule has 1 aliphatic rings. The van der Waals surface area contributed by atoms with Gasteiger partial charge in [-0.05, 0) is 49.0 Å². The Bertz CT molecular complexity index is 866. The van der Waals surface area contributed by atoms with E-state index >= 15 is 0 Å². The Balaban J connectivity index is 1.98. The van der Waals surface area contributed by atoms with Gasteiger partial charge in [0.25, 0.3) is 8.32 Å². The Kier molecular flexibility index (Phi) is 7.71. The van der Waals surface area contributed by atoms with E-state index in [1.165, 1.54) is 10.4 Å². The van der Waals surface area contributed by atoms with Gasteiger partial charge in [0.2, 0.25) is 0 Å². The normalized spacial score (nSPS) is 19.9. The molecule has 0 saturated carbocycles. The summed E-state index contributed by atoms with van der Waals surface area (Å²) < 4.78 is 12.7. The van der Waals surface area contributed by atoms with Crippen LogP contribution in [-0.4, -0.2) is 55.3 Å². The zero-order valence-corrected chi connectivity index (χ0v) is 21.9. The number of carbonyl (C=O) groups is 1. The van der Waals surface area contributed by atoms with Crippen molar-refractivity contribution in [3.8, 4) is 0 Å². The molecule has 2 aromatic carbocycles. The number of piperidine rings is 1. The third-order valence-electron chi connectivity index (χ3n) is 6.23. The summed E-state index contributed by atoms with van der Waals surface area (Å²) in [7, 11) is -2.73. The minimum atomic E-state index is -2.73. The summed E-state index contributed by atoms with van der Waals surface area (Å²) in [6.07, 6.45) is 0.244. The molecule has 0 aromatic heterocycles. The van der Waals surface area contributed by atoms with Crippen LogP contribution in [0, 0.1) is 0 Å². The lowest BCUT2D eigenvalue weighted by Crippen LogP contribution is -2.67. The largest absolute Gasteiger partial charge is 0.444 e. The van der Waals surface area contributed by atoms with Crippen molar-refractivity contribution in [2.45, 2.75) is 77.2 Å². The molecule has 1 N–H and O–H groups in total. The average molecular weight is 470 g/mol. The first-order chi connectivity index (χ1) is 15.4. The van der Waals surface area contributed by atoms with Crippen molar-refractivity contribution >= 4 is 24.8 Å². The third-order valence-corrected chi connectivity index (χ3v) is 11.2. The van der Waals surface area contributed by atoms with Crippen LogP contribution in [0.25, 0.3) is 0 Å². The van der Waals surface area contributed by atoms with Gasteiger partial charge in [-0.15, -0.1) is 0 Å². The maximum atomic E-state index is 13.0. The molecule has 0 aliphatic carbocycles. The van der Waals surface area contributed by atoms with Gasteiger partial charge >= 0.3 is 6.09 Å². The van der Waals surface area contributed by atoms with Gasteiger partial charge in [0, 0.05) is 6.54 Å². The van der Waals surface area contributed by atoms with E-state index in [4.69, 9.17) is 9.16 Å². The summed E-state index contributed by atoms with van der Waals surface area (Å²) in [5, 5.41) is 12.7. The number of aliphatic hydroxyl groups excluding tert-OH is 1. The van der Waals surface area contributed by atoms with Gasteiger partial charge in [0.15, 0.2) is 0 Å². The van der Waals surface area contributed by atoms with Crippen LogP contribution in [0.2, 0.25) is 5.04 Å². The fraction of sp³-hybridized carbons (Fsp3) is 0.519. The second-order valence-corrected chi connectivity index (χ2v) is 15.3. The molecule has 6 heteroatoms. The van der Waals surface area contributed by atoms with Crippen molar-refractivity contribution < 1.29 is 19.1 Å². The quantitative estimate of drug-likeness (QED) is 0.663. The van der Waals surface area contributed by atoms with E-state index in [2.05, 4.69) is 69.3 Å². The standard InChI is InChI=1S/C27H39NO4Si/c1-26(2,3)32-25(30)28-18-17-22(29)19-21(28)20-31-33(27(4,5)6,23-13-9-7-10-14-23)24-15-11-8-12-16-24/h7-16,21-22,29H,17-20H2,1-6H3/t21-,22?/m0/s1. The third kappa shape index (κ3) is 5.86. The van der Waals surface area contributed by atoms with Gasteiger partial charge in [0.05, 0.1) is 18.8 Å². The Labute approximate surface area is 199 Å². The Morgan fingerprint density at radius 3 is 1.94 bits per heavy atom. The topological polar surface area (TPSA) is 59.0 Å². The van der Waals surface area contributed by atoms with Crippen molar-refractivity contribution in [1.29, 1.82) is 0 Å². The smallest absolute Gasteiger partial charge is 0.410 e. The van der Waals surface area contributed by atoms with Crippen LogP contribution in [0.3, 0.4) is 0 Å². The second-order valence-electron chi connectivity index (χ2n) is 11.0. The molecule has 1 unspecified atom stereocenters. The molecule has 1 aliphatic heterocycles. The van der Waals surface area contributed by atoms with Crippen LogP contribution in [0.1, 0.15) is 54.4 Å². The van der Waals surface area contributed by atoms with Gasteiger partial charge in [-0.3, -0.25) is 0 Å². The van der Waals surface area contributed by atoms with E-state index in [0.717, 1.165) is 0 Å². The van der Waals surface area contributed by atoms with Gasteiger partial charge in [-0.2, -0.15) is 0 Å². The second kappa shape index (κ2) is 10.00. The summed E-state index contributed by atoms with van der Waals surface area (Å²) in [4.78, 5) is 14.7. The van der Waals surface area contributed by atoms with Crippen molar-refractivity contribution in [3.63, 3.8) is 0 Å². The highest BCUT2D eigenvalue weighted by atomic mass is 28.4. The highest BCUT2D eigenvalue weighted by molar-refractivity contribution is 6.99. The number of likely N-dealkylation sites (tertiary alicyclic amines) is 1. The van der Waals surface area contributed by atoms with Crippen LogP contribution in [0.5, 0.6) is 0 Å². The number of carbonyl (C=O) groups excluding carboxylic acids is 1. The van der Waals surface area contributed by atoms with Crippen LogP contribution < -0.4 is 10.4 Å². The van der Waals surface area contributed by atoms with Crippen molar-refractivity contribution in [3.05, 3.63) is 60.7 Å². The highest BCUT2D eigenvalue weighted by Crippen LogP contribution is 2.37. The first-order valence-corrected chi connectivity index (χ1v) is 13.8. The van der Waals surface area contributed by atoms with Crippen molar-refractivity contribution in [1.82, 2.24) is 4.90 Å². The minimum absolute atomic E-state index is 0.153. The van der Waals surface area contributed by atoms with Gasteiger partial charge in [0.1, 0.15) is 5.60 Å². The fourth-order valence-corrected chi connectivity index (χ4v) is 9.33. The van der Waals surface area contributed by atoms with E-state index in [1.54, 1.807) is 4.90 Å². The number of rotatable bonds is 5. The molecule has 0 radical (unpaired) electrons. The SMILES string of the molecule is CC(C)(C)OC(=O)N1CCC(O)C[C@H]1CO[Si](c1ccccc1)(c1ccccc1)C(C)(C)C. The lowest BCUT2D eigenvalue weighted by atomic mass is 10.0. The summed E-state index contributed by atoms with van der Waals surface area (Å²) in [6.45, 7) is 13.1. The summed E-state index contributed by atoms with van der Waals surface area (Å²) in [5.74, 6) is 0. The summed E-state index contributed by atoms with van der Waals surface area (Å²) in [5.41, 5.74) is -0.573. The molecule has 180 valence electrons. The number of aliphatic hydroxyl groups is 1. The monoisotopic (exact) mass is 469 g/mol. The van der Waals surface area contributed by atoms with Gasteiger partial charge in [-0.1, -0.05) is 81.4 Å². The molecule has 1 amide bonds. The number of hydrogen-bond acceptors (Lipinski definition) is 4. The summed E-state index contributed by atoms with van der Waals surface area (Å²) in [6, 6.07) is 20.7. The molecule has 3 rings (SSSR count). The molecule has 1 heterocycles. The molecule has 33 heavy (non-hydrogen) atoms. The number of hydrogen-bond donors (Lipinski definition) is 1. The number of nitrogens with zero attached hydrogens (tertiary/aromatic N) is 1. The average Bonchev–Trinajstić information content (AvgIpc) is 2.73. The van der Waals surface area contributed by atoms with Crippen LogP contribution in [0.4, 0.5) is 4.79 Å². The predicted octanol–water partition coefficient (Wildman–Crippen LogP) is 4.32. The van der Waals surface area contributed by atoms with E-state index in [0.29, 0.717) is 26.0 Å². The van der Waals surface area contributed by atoms with E-state index in [9.17, 15) is 9.90 Å². The van der Waals surface area contributed by atoms with E-state index in [-0.39, 0.29) is 17.2 Å². The molecule has 0 spiro atoms. The number of amides is 1. The zero-order chi connectivity index (χ0) is 24.3. The van der Waals surface area contributed by atoms with Gasteiger partial charge in [-0.25, -0.2) is 4.79 Å². The number of benzene rings is 2. The van der Waals surface area contributed by atoms with Crippen molar-refractivity contribution in [2.24, 2.45) is 0 Å². The van der Waals surface area contributed by atoms with E-state index in [1.807, 2.05) is 32.9 Å². The van der Waals surface area contributed by atoms with Crippen LogP contribution in [-0.2, 0) is 9.16 Å². The predicted molar refractivity (Wildman–Crippen MR) is 136 cm³/mol.